The number of hydrogen-bond acceptors (Lipinski definition) is 1. The van der Waals surface area contributed by atoms with Crippen molar-refractivity contribution in [2.24, 2.45) is 0 Å². The Kier molecular flexibility index (Phi) is 5.83. The molecular weight excluding hydrogens is 350 g/mol. The molecule has 2 nitrogen and oxygen atoms in total. The number of benzene rings is 2. The lowest BCUT2D eigenvalue weighted by Crippen LogP contribution is -2.28. The van der Waals surface area contributed by atoms with Crippen LogP contribution in [0.3, 0.4) is 0 Å². The minimum atomic E-state index is 0.0143. The molecule has 21 heavy (non-hydrogen) atoms. The Hall–Kier alpha value is -1.32. The van der Waals surface area contributed by atoms with E-state index in [0.29, 0.717) is 10.6 Å². The molecule has 0 atom stereocenters. The molecule has 110 valence electrons. The normalized spacial score (nSPS) is 10.4. The second-order valence-corrected chi connectivity index (χ2v) is 6.21. The van der Waals surface area contributed by atoms with Crippen LogP contribution in [-0.2, 0) is 6.42 Å². The lowest BCUT2D eigenvalue weighted by atomic mass is 10.1. The van der Waals surface area contributed by atoms with E-state index in [-0.39, 0.29) is 5.91 Å². The van der Waals surface area contributed by atoms with Crippen molar-refractivity contribution in [3.8, 4) is 0 Å². The Morgan fingerprint density at radius 1 is 1.19 bits per heavy atom. The van der Waals surface area contributed by atoms with E-state index in [9.17, 15) is 4.79 Å². The van der Waals surface area contributed by atoms with Crippen LogP contribution in [0, 0.1) is 0 Å². The molecule has 0 fully saturated rings. The number of hydrogen-bond donors (Lipinski definition) is 0. The minimum Gasteiger partial charge on any atom is -0.342 e. The Balaban J connectivity index is 1.89. The topological polar surface area (TPSA) is 20.3 Å². The summed E-state index contributed by atoms with van der Waals surface area (Å²) in [6.45, 7) is 0.730. The predicted molar refractivity (Wildman–Crippen MR) is 90.9 cm³/mol. The summed E-state index contributed by atoms with van der Waals surface area (Å²) in [6.07, 6.45) is 1.92. The molecule has 0 bridgehead atoms. The summed E-state index contributed by atoms with van der Waals surface area (Å²) in [4.78, 5) is 14.1. The van der Waals surface area contributed by atoms with Gasteiger partial charge in [-0.15, -0.1) is 0 Å². The lowest BCUT2D eigenvalue weighted by molar-refractivity contribution is 0.0793. The zero-order valence-electron chi connectivity index (χ0n) is 11.9. The van der Waals surface area contributed by atoms with E-state index in [2.05, 4.69) is 28.1 Å². The fourth-order valence-corrected chi connectivity index (χ4v) is 2.61. The van der Waals surface area contributed by atoms with Crippen LogP contribution in [0.4, 0.5) is 0 Å². The summed E-state index contributed by atoms with van der Waals surface area (Å²) in [5.74, 6) is 0.0143. The first-order chi connectivity index (χ1) is 10.1. The molecule has 0 spiro atoms. The SMILES string of the molecule is CN(CCCc1ccccc1)C(=O)c1ccc(Cl)c(Br)c1. The Bertz CT molecular complexity index is 615. The number of carbonyl (C=O) groups excluding carboxylic acids is 1. The van der Waals surface area contributed by atoms with E-state index < -0.39 is 0 Å². The van der Waals surface area contributed by atoms with Gasteiger partial charge in [-0.1, -0.05) is 41.9 Å². The first kappa shape index (κ1) is 16.1. The van der Waals surface area contributed by atoms with Gasteiger partial charge in [-0.3, -0.25) is 4.79 Å². The van der Waals surface area contributed by atoms with Gasteiger partial charge in [0.05, 0.1) is 5.02 Å². The number of rotatable bonds is 5. The van der Waals surface area contributed by atoms with Gasteiger partial charge in [0, 0.05) is 23.6 Å². The molecule has 0 radical (unpaired) electrons. The van der Waals surface area contributed by atoms with Gasteiger partial charge in [0.25, 0.3) is 5.91 Å². The molecule has 0 saturated heterocycles. The van der Waals surface area contributed by atoms with Crippen molar-refractivity contribution in [2.75, 3.05) is 13.6 Å². The quantitative estimate of drug-likeness (QED) is 0.744. The third-order valence-electron chi connectivity index (χ3n) is 3.32. The van der Waals surface area contributed by atoms with Crippen LogP contribution >= 0.6 is 27.5 Å². The van der Waals surface area contributed by atoms with Gasteiger partial charge in [-0.05, 0) is 52.5 Å². The molecule has 2 rings (SSSR count). The van der Waals surface area contributed by atoms with Crippen molar-refractivity contribution >= 4 is 33.4 Å². The second-order valence-electron chi connectivity index (χ2n) is 4.94. The molecule has 0 saturated carbocycles. The van der Waals surface area contributed by atoms with Gasteiger partial charge in [0.1, 0.15) is 0 Å². The standard InChI is InChI=1S/C17H17BrClNO/c1-20(11-5-8-13-6-3-2-4-7-13)17(21)14-9-10-16(19)15(18)12-14/h2-4,6-7,9-10,12H,5,8,11H2,1H3. The van der Waals surface area contributed by atoms with Crippen LogP contribution in [0.1, 0.15) is 22.3 Å². The van der Waals surface area contributed by atoms with E-state index in [1.165, 1.54) is 5.56 Å². The summed E-state index contributed by atoms with van der Waals surface area (Å²) in [6, 6.07) is 15.6. The summed E-state index contributed by atoms with van der Waals surface area (Å²) in [7, 11) is 1.83. The van der Waals surface area contributed by atoms with Crippen molar-refractivity contribution in [2.45, 2.75) is 12.8 Å². The lowest BCUT2D eigenvalue weighted by Gasteiger charge is -2.17. The molecule has 0 N–H and O–H groups in total. The third-order valence-corrected chi connectivity index (χ3v) is 4.53. The minimum absolute atomic E-state index is 0.0143. The highest BCUT2D eigenvalue weighted by Gasteiger charge is 2.12. The molecule has 0 unspecified atom stereocenters. The zero-order valence-corrected chi connectivity index (χ0v) is 14.2. The van der Waals surface area contributed by atoms with Gasteiger partial charge in [0.2, 0.25) is 0 Å². The van der Waals surface area contributed by atoms with Crippen molar-refractivity contribution in [3.05, 3.63) is 69.2 Å². The van der Waals surface area contributed by atoms with E-state index >= 15 is 0 Å². The summed E-state index contributed by atoms with van der Waals surface area (Å²) in [5.41, 5.74) is 1.95. The van der Waals surface area contributed by atoms with E-state index in [4.69, 9.17) is 11.6 Å². The highest BCUT2D eigenvalue weighted by atomic mass is 79.9. The molecule has 0 aliphatic heterocycles. The highest BCUT2D eigenvalue weighted by Crippen LogP contribution is 2.23. The van der Waals surface area contributed by atoms with Gasteiger partial charge >= 0.3 is 0 Å². The van der Waals surface area contributed by atoms with E-state index in [0.717, 1.165) is 23.9 Å². The molecule has 0 heterocycles. The highest BCUT2D eigenvalue weighted by molar-refractivity contribution is 9.10. The molecule has 4 heteroatoms. The first-order valence-corrected chi connectivity index (χ1v) is 7.99. The predicted octanol–water partition coefficient (Wildman–Crippen LogP) is 4.81. The molecule has 0 aliphatic carbocycles. The Labute approximate surface area is 138 Å². The van der Waals surface area contributed by atoms with Gasteiger partial charge in [0.15, 0.2) is 0 Å². The average Bonchev–Trinajstić information content (AvgIpc) is 2.50. The van der Waals surface area contributed by atoms with Crippen LogP contribution in [0.2, 0.25) is 5.02 Å². The first-order valence-electron chi connectivity index (χ1n) is 6.82. The molecule has 1 amide bonds. The van der Waals surface area contributed by atoms with Crippen molar-refractivity contribution in [1.82, 2.24) is 4.90 Å². The maximum Gasteiger partial charge on any atom is 0.253 e. The van der Waals surface area contributed by atoms with Gasteiger partial charge in [-0.25, -0.2) is 0 Å². The van der Waals surface area contributed by atoms with Crippen LogP contribution < -0.4 is 0 Å². The second kappa shape index (κ2) is 7.62. The summed E-state index contributed by atoms with van der Waals surface area (Å²) < 4.78 is 0.743. The number of amides is 1. The zero-order chi connectivity index (χ0) is 15.2. The molecular formula is C17H17BrClNO. The largest absolute Gasteiger partial charge is 0.342 e. The molecule has 2 aromatic rings. The maximum atomic E-state index is 12.3. The van der Waals surface area contributed by atoms with Crippen LogP contribution in [0.25, 0.3) is 0 Å². The smallest absolute Gasteiger partial charge is 0.253 e. The summed E-state index contributed by atoms with van der Waals surface area (Å²) in [5, 5.41) is 0.610. The summed E-state index contributed by atoms with van der Waals surface area (Å²) >= 11 is 9.29. The third kappa shape index (κ3) is 4.58. The van der Waals surface area contributed by atoms with Crippen molar-refractivity contribution < 1.29 is 4.79 Å². The van der Waals surface area contributed by atoms with Gasteiger partial charge in [-0.2, -0.15) is 0 Å². The fourth-order valence-electron chi connectivity index (χ4n) is 2.12. The Morgan fingerprint density at radius 2 is 1.90 bits per heavy atom. The fraction of sp³-hybridized carbons (Fsp3) is 0.235. The average molecular weight is 367 g/mol. The van der Waals surface area contributed by atoms with Crippen LogP contribution in [0.5, 0.6) is 0 Å². The number of aryl methyl sites for hydroxylation is 1. The number of carbonyl (C=O) groups is 1. The van der Waals surface area contributed by atoms with Crippen LogP contribution in [0.15, 0.2) is 53.0 Å². The van der Waals surface area contributed by atoms with Crippen LogP contribution in [-0.4, -0.2) is 24.4 Å². The molecule has 0 aromatic heterocycles. The van der Waals surface area contributed by atoms with Gasteiger partial charge < -0.3 is 4.90 Å². The Morgan fingerprint density at radius 3 is 2.57 bits per heavy atom. The van der Waals surface area contributed by atoms with Crippen molar-refractivity contribution in [3.63, 3.8) is 0 Å². The number of nitrogens with zero attached hydrogens (tertiary/aromatic N) is 1. The van der Waals surface area contributed by atoms with E-state index in [1.807, 2.05) is 25.2 Å². The monoisotopic (exact) mass is 365 g/mol. The maximum absolute atomic E-state index is 12.3. The number of halogens is 2. The van der Waals surface area contributed by atoms with E-state index in [1.54, 1.807) is 23.1 Å². The molecule has 2 aromatic carbocycles. The van der Waals surface area contributed by atoms with Crippen molar-refractivity contribution in [1.29, 1.82) is 0 Å². The molecule has 0 aliphatic rings.